The standard InChI is InChI=1S/C12H14ClN3/c1-9(11-4-2-3-5-12(11)13)15-7-10-6-14-8-16-10/h2-6,8-9,15H,7H2,1H3,(H,14,16). The number of H-pyrrole nitrogens is 1. The molecule has 1 aromatic carbocycles. The molecule has 4 heteroatoms. The molecule has 3 nitrogen and oxygen atoms in total. The van der Waals surface area contributed by atoms with E-state index in [1.807, 2.05) is 30.5 Å². The lowest BCUT2D eigenvalue weighted by Gasteiger charge is -2.14. The summed E-state index contributed by atoms with van der Waals surface area (Å²) in [7, 11) is 0. The summed E-state index contributed by atoms with van der Waals surface area (Å²) in [5.74, 6) is 0. The third-order valence-electron chi connectivity index (χ3n) is 2.53. The molecule has 0 aliphatic rings. The molecular formula is C12H14ClN3. The Morgan fingerprint density at radius 2 is 2.25 bits per heavy atom. The Morgan fingerprint density at radius 3 is 2.94 bits per heavy atom. The molecule has 1 atom stereocenters. The number of nitrogens with one attached hydrogen (secondary N) is 2. The first-order chi connectivity index (χ1) is 7.77. The summed E-state index contributed by atoms with van der Waals surface area (Å²) in [5, 5.41) is 4.18. The molecule has 2 aromatic rings. The van der Waals surface area contributed by atoms with Crippen LogP contribution in [0, 0.1) is 0 Å². The lowest BCUT2D eigenvalue weighted by Crippen LogP contribution is -2.18. The normalized spacial score (nSPS) is 12.6. The number of rotatable bonds is 4. The summed E-state index contributed by atoms with van der Waals surface area (Å²) in [6.07, 6.45) is 3.49. The predicted octanol–water partition coefficient (Wildman–Crippen LogP) is 2.91. The largest absolute Gasteiger partial charge is 0.347 e. The maximum Gasteiger partial charge on any atom is 0.0922 e. The lowest BCUT2D eigenvalue weighted by atomic mass is 10.1. The molecule has 1 aromatic heterocycles. The number of aromatic amines is 1. The van der Waals surface area contributed by atoms with E-state index in [1.54, 1.807) is 6.33 Å². The zero-order valence-corrected chi connectivity index (χ0v) is 9.83. The van der Waals surface area contributed by atoms with Crippen LogP contribution in [0.25, 0.3) is 0 Å². The molecule has 84 valence electrons. The van der Waals surface area contributed by atoms with Gasteiger partial charge in [0.25, 0.3) is 0 Å². The minimum atomic E-state index is 0.219. The van der Waals surface area contributed by atoms with Gasteiger partial charge in [0.05, 0.1) is 6.33 Å². The van der Waals surface area contributed by atoms with E-state index in [0.29, 0.717) is 0 Å². The molecule has 0 aliphatic carbocycles. The van der Waals surface area contributed by atoms with E-state index in [2.05, 4.69) is 22.2 Å². The molecule has 0 fully saturated rings. The van der Waals surface area contributed by atoms with Gasteiger partial charge in [0, 0.05) is 29.5 Å². The molecule has 2 N–H and O–H groups in total. The Labute approximate surface area is 99.9 Å². The van der Waals surface area contributed by atoms with Crippen molar-refractivity contribution in [3.05, 3.63) is 53.1 Å². The number of benzene rings is 1. The molecule has 0 saturated heterocycles. The topological polar surface area (TPSA) is 40.7 Å². The Kier molecular flexibility index (Phi) is 3.59. The van der Waals surface area contributed by atoms with E-state index in [0.717, 1.165) is 22.8 Å². The van der Waals surface area contributed by atoms with E-state index < -0.39 is 0 Å². The minimum Gasteiger partial charge on any atom is -0.347 e. The van der Waals surface area contributed by atoms with E-state index in [4.69, 9.17) is 11.6 Å². The zero-order chi connectivity index (χ0) is 11.4. The molecule has 16 heavy (non-hydrogen) atoms. The maximum atomic E-state index is 6.12. The van der Waals surface area contributed by atoms with Gasteiger partial charge in [-0.25, -0.2) is 4.98 Å². The van der Waals surface area contributed by atoms with Crippen molar-refractivity contribution in [2.75, 3.05) is 0 Å². The molecule has 1 unspecified atom stereocenters. The summed E-state index contributed by atoms with van der Waals surface area (Å²) >= 11 is 6.12. The number of halogens is 1. The van der Waals surface area contributed by atoms with Crippen LogP contribution in [0.1, 0.15) is 24.2 Å². The van der Waals surface area contributed by atoms with Crippen LogP contribution in [-0.4, -0.2) is 9.97 Å². The van der Waals surface area contributed by atoms with Crippen molar-refractivity contribution in [2.45, 2.75) is 19.5 Å². The Morgan fingerprint density at radius 1 is 1.44 bits per heavy atom. The smallest absolute Gasteiger partial charge is 0.0922 e. The number of nitrogens with zero attached hydrogens (tertiary/aromatic N) is 1. The minimum absolute atomic E-state index is 0.219. The van der Waals surface area contributed by atoms with Crippen molar-refractivity contribution in [3.8, 4) is 0 Å². The summed E-state index contributed by atoms with van der Waals surface area (Å²) < 4.78 is 0. The van der Waals surface area contributed by atoms with Gasteiger partial charge in [-0.1, -0.05) is 29.8 Å². The van der Waals surface area contributed by atoms with Gasteiger partial charge in [-0.05, 0) is 18.6 Å². The monoisotopic (exact) mass is 235 g/mol. The molecule has 0 aliphatic heterocycles. The van der Waals surface area contributed by atoms with Gasteiger partial charge in [0.15, 0.2) is 0 Å². The first kappa shape index (κ1) is 11.2. The summed E-state index contributed by atoms with van der Waals surface area (Å²) in [4.78, 5) is 7.02. The zero-order valence-electron chi connectivity index (χ0n) is 9.07. The Balaban J connectivity index is 1.98. The highest BCUT2D eigenvalue weighted by Gasteiger charge is 2.08. The van der Waals surface area contributed by atoms with Gasteiger partial charge in [-0.3, -0.25) is 0 Å². The van der Waals surface area contributed by atoms with Gasteiger partial charge < -0.3 is 10.3 Å². The van der Waals surface area contributed by atoms with Crippen LogP contribution in [0.15, 0.2) is 36.8 Å². The number of hydrogen-bond acceptors (Lipinski definition) is 2. The molecule has 0 saturated carbocycles. The third-order valence-corrected chi connectivity index (χ3v) is 2.87. The van der Waals surface area contributed by atoms with E-state index in [9.17, 15) is 0 Å². The number of aromatic nitrogens is 2. The van der Waals surface area contributed by atoms with Crippen molar-refractivity contribution in [1.82, 2.24) is 15.3 Å². The first-order valence-electron chi connectivity index (χ1n) is 5.22. The van der Waals surface area contributed by atoms with Gasteiger partial charge in [0.1, 0.15) is 0 Å². The van der Waals surface area contributed by atoms with Crippen LogP contribution < -0.4 is 5.32 Å². The van der Waals surface area contributed by atoms with Crippen LogP contribution in [-0.2, 0) is 6.54 Å². The van der Waals surface area contributed by atoms with Gasteiger partial charge in [-0.2, -0.15) is 0 Å². The summed E-state index contributed by atoms with van der Waals surface area (Å²) in [6.45, 7) is 2.85. The first-order valence-corrected chi connectivity index (χ1v) is 5.60. The predicted molar refractivity (Wildman–Crippen MR) is 65.3 cm³/mol. The SMILES string of the molecule is CC(NCc1cnc[nH]1)c1ccccc1Cl. The fraction of sp³-hybridized carbons (Fsp3) is 0.250. The number of hydrogen-bond donors (Lipinski definition) is 2. The highest BCUT2D eigenvalue weighted by Crippen LogP contribution is 2.22. The number of imidazole rings is 1. The second kappa shape index (κ2) is 5.14. The molecule has 0 bridgehead atoms. The van der Waals surface area contributed by atoms with Gasteiger partial charge in [-0.15, -0.1) is 0 Å². The van der Waals surface area contributed by atoms with Crippen molar-refractivity contribution < 1.29 is 0 Å². The van der Waals surface area contributed by atoms with E-state index >= 15 is 0 Å². The fourth-order valence-corrected chi connectivity index (χ4v) is 1.88. The van der Waals surface area contributed by atoms with Crippen molar-refractivity contribution in [3.63, 3.8) is 0 Å². The van der Waals surface area contributed by atoms with Gasteiger partial charge in [0.2, 0.25) is 0 Å². The highest BCUT2D eigenvalue weighted by molar-refractivity contribution is 6.31. The van der Waals surface area contributed by atoms with E-state index in [1.165, 1.54) is 0 Å². The quantitative estimate of drug-likeness (QED) is 0.856. The summed E-state index contributed by atoms with van der Waals surface area (Å²) in [5.41, 5.74) is 2.18. The maximum absolute atomic E-state index is 6.12. The molecule has 0 amide bonds. The molecular weight excluding hydrogens is 222 g/mol. The van der Waals surface area contributed by atoms with Crippen molar-refractivity contribution in [2.24, 2.45) is 0 Å². The van der Waals surface area contributed by atoms with Crippen LogP contribution in [0.4, 0.5) is 0 Å². The van der Waals surface area contributed by atoms with Crippen molar-refractivity contribution >= 4 is 11.6 Å². The Bertz CT molecular complexity index is 439. The average Bonchev–Trinajstić information content (AvgIpc) is 2.79. The third kappa shape index (κ3) is 2.62. The summed E-state index contributed by atoms with van der Waals surface area (Å²) in [6, 6.07) is 8.10. The van der Waals surface area contributed by atoms with Gasteiger partial charge >= 0.3 is 0 Å². The van der Waals surface area contributed by atoms with E-state index in [-0.39, 0.29) is 6.04 Å². The lowest BCUT2D eigenvalue weighted by molar-refractivity contribution is 0.569. The molecule has 1 heterocycles. The molecule has 2 rings (SSSR count). The molecule has 0 radical (unpaired) electrons. The van der Waals surface area contributed by atoms with Crippen LogP contribution >= 0.6 is 11.6 Å². The van der Waals surface area contributed by atoms with Crippen molar-refractivity contribution in [1.29, 1.82) is 0 Å². The van der Waals surface area contributed by atoms with Crippen LogP contribution in [0.5, 0.6) is 0 Å². The second-order valence-corrected chi connectivity index (χ2v) is 4.11. The average molecular weight is 236 g/mol. The second-order valence-electron chi connectivity index (χ2n) is 3.70. The Hall–Kier alpha value is -1.32. The van der Waals surface area contributed by atoms with Crippen LogP contribution in [0.3, 0.4) is 0 Å². The fourth-order valence-electron chi connectivity index (χ4n) is 1.58. The van der Waals surface area contributed by atoms with Crippen LogP contribution in [0.2, 0.25) is 5.02 Å². The highest BCUT2D eigenvalue weighted by atomic mass is 35.5. The molecule has 0 spiro atoms.